The van der Waals surface area contributed by atoms with Crippen molar-refractivity contribution in [2.24, 2.45) is 0 Å². The fourth-order valence-electron chi connectivity index (χ4n) is 3.93. The lowest BCUT2D eigenvalue weighted by Gasteiger charge is -2.36. The van der Waals surface area contributed by atoms with Gasteiger partial charge in [-0.3, -0.25) is 0 Å². The van der Waals surface area contributed by atoms with Gasteiger partial charge in [-0.2, -0.15) is 4.31 Å². The molecule has 0 radical (unpaired) electrons. The highest BCUT2D eigenvalue weighted by Crippen LogP contribution is 2.27. The van der Waals surface area contributed by atoms with Crippen molar-refractivity contribution in [3.8, 4) is 0 Å². The SMILES string of the molecule is CCCS(=O)(=O)N1CCN(c2nc(C)nc(COC)c2Cc2cccc(C)c2)CC1. The number of aryl methyl sites for hydroxylation is 2. The molecule has 0 aliphatic carbocycles. The third-order valence-electron chi connectivity index (χ3n) is 5.32. The van der Waals surface area contributed by atoms with Gasteiger partial charge in [-0.1, -0.05) is 36.8 Å². The number of benzene rings is 1. The molecule has 1 aliphatic rings. The Morgan fingerprint density at radius 1 is 1.10 bits per heavy atom. The lowest BCUT2D eigenvalue weighted by atomic mass is 10.0. The van der Waals surface area contributed by atoms with Crippen molar-refractivity contribution in [3.63, 3.8) is 0 Å². The molecule has 1 aromatic heterocycles. The number of aromatic nitrogens is 2. The smallest absolute Gasteiger partial charge is 0.214 e. The molecule has 30 heavy (non-hydrogen) atoms. The van der Waals surface area contributed by atoms with Crippen molar-refractivity contribution in [3.05, 3.63) is 52.5 Å². The Hall–Kier alpha value is -2.03. The number of ether oxygens (including phenoxy) is 1. The minimum atomic E-state index is -3.17. The molecule has 1 saturated heterocycles. The molecule has 2 aromatic rings. The predicted molar refractivity (Wildman–Crippen MR) is 119 cm³/mol. The molecule has 0 amide bonds. The fraction of sp³-hybridized carbons (Fsp3) is 0.545. The second-order valence-corrected chi connectivity index (χ2v) is 9.91. The van der Waals surface area contributed by atoms with E-state index in [1.165, 1.54) is 11.1 Å². The maximum absolute atomic E-state index is 12.4. The summed E-state index contributed by atoms with van der Waals surface area (Å²) in [7, 11) is -1.50. The topological polar surface area (TPSA) is 75.6 Å². The van der Waals surface area contributed by atoms with Gasteiger partial charge in [0.15, 0.2) is 0 Å². The number of methoxy groups -OCH3 is 1. The third-order valence-corrected chi connectivity index (χ3v) is 7.40. The van der Waals surface area contributed by atoms with Crippen LogP contribution in [-0.4, -0.2) is 61.7 Å². The number of rotatable bonds is 8. The highest BCUT2D eigenvalue weighted by Gasteiger charge is 2.28. The van der Waals surface area contributed by atoms with Gasteiger partial charge in [-0.15, -0.1) is 0 Å². The number of hydrogen-bond donors (Lipinski definition) is 0. The van der Waals surface area contributed by atoms with Gasteiger partial charge in [0.05, 0.1) is 18.1 Å². The molecule has 1 aromatic carbocycles. The second kappa shape index (κ2) is 9.85. The molecule has 164 valence electrons. The van der Waals surface area contributed by atoms with Crippen LogP contribution in [-0.2, 0) is 27.8 Å². The van der Waals surface area contributed by atoms with E-state index in [-0.39, 0.29) is 5.75 Å². The van der Waals surface area contributed by atoms with E-state index < -0.39 is 10.0 Å². The highest BCUT2D eigenvalue weighted by atomic mass is 32.2. The minimum Gasteiger partial charge on any atom is -0.378 e. The van der Waals surface area contributed by atoms with Gasteiger partial charge in [0, 0.05) is 45.3 Å². The van der Waals surface area contributed by atoms with Crippen molar-refractivity contribution in [1.29, 1.82) is 0 Å². The summed E-state index contributed by atoms with van der Waals surface area (Å²) in [6, 6.07) is 8.44. The minimum absolute atomic E-state index is 0.205. The van der Waals surface area contributed by atoms with Gasteiger partial charge in [-0.25, -0.2) is 18.4 Å². The molecule has 0 N–H and O–H groups in total. The van der Waals surface area contributed by atoms with E-state index in [0.717, 1.165) is 17.1 Å². The summed E-state index contributed by atoms with van der Waals surface area (Å²) in [5, 5.41) is 0. The molecule has 1 aliphatic heterocycles. The fourth-order valence-corrected chi connectivity index (χ4v) is 5.42. The van der Waals surface area contributed by atoms with Crippen molar-refractivity contribution < 1.29 is 13.2 Å². The first kappa shape index (κ1) is 22.7. The largest absolute Gasteiger partial charge is 0.378 e. The number of sulfonamides is 1. The molecule has 1 fully saturated rings. The van der Waals surface area contributed by atoms with Gasteiger partial charge in [0.1, 0.15) is 11.6 Å². The van der Waals surface area contributed by atoms with Crippen LogP contribution in [0.2, 0.25) is 0 Å². The van der Waals surface area contributed by atoms with Crippen LogP contribution in [0.1, 0.15) is 41.6 Å². The molecule has 3 rings (SSSR count). The van der Waals surface area contributed by atoms with Crippen LogP contribution in [0.4, 0.5) is 5.82 Å². The average molecular weight is 433 g/mol. The van der Waals surface area contributed by atoms with Crippen LogP contribution < -0.4 is 4.90 Å². The van der Waals surface area contributed by atoms with Crippen LogP contribution in [0.3, 0.4) is 0 Å². The zero-order valence-electron chi connectivity index (χ0n) is 18.4. The van der Waals surface area contributed by atoms with Crippen molar-refractivity contribution in [2.45, 2.75) is 40.2 Å². The third kappa shape index (κ3) is 5.36. The summed E-state index contributed by atoms with van der Waals surface area (Å²) >= 11 is 0. The molecule has 0 saturated carbocycles. The highest BCUT2D eigenvalue weighted by molar-refractivity contribution is 7.89. The summed E-state index contributed by atoms with van der Waals surface area (Å²) in [6.45, 7) is 8.49. The second-order valence-electron chi connectivity index (χ2n) is 7.82. The first-order chi connectivity index (χ1) is 14.3. The number of piperazine rings is 1. The molecular formula is C22H32N4O3S. The molecular weight excluding hydrogens is 400 g/mol. The van der Waals surface area contributed by atoms with Gasteiger partial charge >= 0.3 is 0 Å². The van der Waals surface area contributed by atoms with E-state index in [1.807, 2.05) is 13.8 Å². The lowest BCUT2D eigenvalue weighted by Crippen LogP contribution is -2.49. The Balaban J connectivity index is 1.90. The van der Waals surface area contributed by atoms with Crippen LogP contribution >= 0.6 is 0 Å². The van der Waals surface area contributed by atoms with Crippen molar-refractivity contribution in [1.82, 2.24) is 14.3 Å². The standard InChI is InChI=1S/C22H32N4O3S/c1-5-13-30(27,28)26-11-9-25(10-12-26)22-20(15-19-8-6-7-17(2)14-19)21(16-29-4)23-18(3)24-22/h6-8,14H,5,9-13,15-16H2,1-4H3. The van der Waals surface area contributed by atoms with Crippen LogP contribution in [0.15, 0.2) is 24.3 Å². The van der Waals surface area contributed by atoms with Gasteiger partial charge < -0.3 is 9.64 Å². The number of anilines is 1. The molecule has 0 bridgehead atoms. The van der Waals surface area contributed by atoms with E-state index in [9.17, 15) is 8.42 Å². The summed E-state index contributed by atoms with van der Waals surface area (Å²) in [6.07, 6.45) is 1.35. The van der Waals surface area contributed by atoms with E-state index in [0.29, 0.717) is 51.5 Å². The maximum Gasteiger partial charge on any atom is 0.214 e. The molecule has 0 atom stereocenters. The monoisotopic (exact) mass is 432 g/mol. The summed E-state index contributed by atoms with van der Waals surface area (Å²) in [5.41, 5.74) is 4.36. The summed E-state index contributed by atoms with van der Waals surface area (Å²) in [4.78, 5) is 11.6. The summed E-state index contributed by atoms with van der Waals surface area (Å²) < 4.78 is 31.9. The molecule has 0 spiro atoms. The van der Waals surface area contributed by atoms with E-state index >= 15 is 0 Å². The Kier molecular flexibility index (Phi) is 7.44. The molecule has 8 heteroatoms. The Bertz CT molecular complexity index is 970. The summed E-state index contributed by atoms with van der Waals surface area (Å²) in [5.74, 6) is 1.80. The maximum atomic E-state index is 12.4. The zero-order valence-corrected chi connectivity index (χ0v) is 19.2. The number of hydrogen-bond acceptors (Lipinski definition) is 6. The van der Waals surface area contributed by atoms with Crippen LogP contribution in [0.5, 0.6) is 0 Å². The van der Waals surface area contributed by atoms with E-state index in [2.05, 4.69) is 41.1 Å². The van der Waals surface area contributed by atoms with Crippen molar-refractivity contribution >= 4 is 15.8 Å². The van der Waals surface area contributed by atoms with Crippen LogP contribution in [0.25, 0.3) is 0 Å². The van der Waals surface area contributed by atoms with E-state index in [1.54, 1.807) is 11.4 Å². The molecule has 7 nitrogen and oxygen atoms in total. The first-order valence-corrected chi connectivity index (χ1v) is 12.1. The van der Waals surface area contributed by atoms with Gasteiger partial charge in [0.2, 0.25) is 10.0 Å². The van der Waals surface area contributed by atoms with Gasteiger partial charge in [0.25, 0.3) is 0 Å². The average Bonchev–Trinajstić information content (AvgIpc) is 2.70. The van der Waals surface area contributed by atoms with Gasteiger partial charge in [-0.05, 0) is 25.8 Å². The van der Waals surface area contributed by atoms with E-state index in [4.69, 9.17) is 9.72 Å². The quantitative estimate of drug-likeness (QED) is 0.638. The number of nitrogens with zero attached hydrogens (tertiary/aromatic N) is 4. The molecule has 0 unspecified atom stereocenters. The predicted octanol–water partition coefficient (Wildman–Crippen LogP) is 2.69. The Morgan fingerprint density at radius 3 is 2.47 bits per heavy atom. The lowest BCUT2D eigenvalue weighted by molar-refractivity contribution is 0.180. The molecule has 2 heterocycles. The van der Waals surface area contributed by atoms with Crippen LogP contribution in [0, 0.1) is 13.8 Å². The van der Waals surface area contributed by atoms with Crippen molar-refractivity contribution in [2.75, 3.05) is 43.9 Å². The first-order valence-electron chi connectivity index (χ1n) is 10.5. The zero-order chi connectivity index (χ0) is 21.7. The normalized spacial score (nSPS) is 15.5. The Morgan fingerprint density at radius 2 is 1.83 bits per heavy atom. The Labute approximate surface area is 180 Å².